The number of likely N-dealkylation sites (tertiary alicyclic amines) is 1. The molecule has 4 fully saturated rings. The van der Waals surface area contributed by atoms with E-state index < -0.39 is 58.8 Å². The molecular weight excluding hydrogens is 1260 g/mol. The van der Waals surface area contributed by atoms with Gasteiger partial charge in [0.05, 0.1) is 16.1 Å². The van der Waals surface area contributed by atoms with Crippen molar-refractivity contribution in [3.8, 4) is 0 Å². The van der Waals surface area contributed by atoms with Crippen LogP contribution in [-0.2, 0) is 38.1 Å². The van der Waals surface area contributed by atoms with E-state index in [1.54, 1.807) is 16.8 Å². The summed E-state index contributed by atoms with van der Waals surface area (Å²) in [5.41, 5.74) is 1.98. The number of hydrogen-bond donors (Lipinski definition) is 3. The number of piperidine rings is 1. The van der Waals surface area contributed by atoms with Gasteiger partial charge in [0.1, 0.15) is 4.90 Å². The van der Waals surface area contributed by atoms with Crippen LogP contribution in [0.2, 0.25) is 5.02 Å². The number of fused-ring (bicyclic) bond motifs is 4. The van der Waals surface area contributed by atoms with Gasteiger partial charge in [0.25, 0.3) is 25.8 Å². The van der Waals surface area contributed by atoms with Crippen molar-refractivity contribution in [2.24, 2.45) is 18.4 Å². The summed E-state index contributed by atoms with van der Waals surface area (Å²) >= 11 is 7.73. The van der Waals surface area contributed by atoms with E-state index in [-0.39, 0.29) is 35.9 Å². The number of rotatable bonds is 19. The van der Waals surface area contributed by atoms with Gasteiger partial charge < -0.3 is 20.0 Å². The highest BCUT2D eigenvalue weighted by Gasteiger charge is 2.49. The molecule has 1 aromatic heterocycles. The molecule has 25 heteroatoms. The molecule has 0 bridgehead atoms. The van der Waals surface area contributed by atoms with Crippen LogP contribution in [-0.4, -0.2) is 168 Å². The highest BCUT2D eigenvalue weighted by atomic mass is 35.5. The van der Waals surface area contributed by atoms with E-state index in [2.05, 4.69) is 78.3 Å². The number of hydrogen-bond acceptors (Lipinski definition) is 15. The first-order valence-electron chi connectivity index (χ1n) is 31.8. The Morgan fingerprint density at radius 2 is 1.57 bits per heavy atom. The number of sulfone groups is 1. The number of aryl methyl sites for hydroxylation is 2. The van der Waals surface area contributed by atoms with Gasteiger partial charge in [0.2, 0.25) is 5.91 Å². The van der Waals surface area contributed by atoms with Gasteiger partial charge in [-0.05, 0) is 171 Å². The zero-order valence-corrected chi connectivity index (χ0v) is 55.3. The molecule has 4 amide bonds. The Morgan fingerprint density at radius 1 is 0.815 bits per heavy atom. The van der Waals surface area contributed by atoms with E-state index in [4.69, 9.17) is 11.6 Å². The third-order valence-corrected chi connectivity index (χ3v) is 23.5. The highest BCUT2D eigenvalue weighted by molar-refractivity contribution is 7.99. The van der Waals surface area contributed by atoms with Gasteiger partial charge >= 0.3 is 11.5 Å². The van der Waals surface area contributed by atoms with Crippen LogP contribution in [0.25, 0.3) is 16.5 Å². The molecule has 3 N–H and O–H groups in total. The number of piperazine rings is 2. The molecule has 6 heterocycles. The van der Waals surface area contributed by atoms with E-state index in [1.165, 1.54) is 33.4 Å². The molecule has 92 heavy (non-hydrogen) atoms. The zero-order valence-electron chi connectivity index (χ0n) is 52.1. The first-order valence-corrected chi connectivity index (χ1v) is 36.1. The van der Waals surface area contributed by atoms with Gasteiger partial charge in [-0.25, -0.2) is 26.4 Å². The van der Waals surface area contributed by atoms with Gasteiger partial charge in [-0.1, -0.05) is 61.4 Å². The number of sulfonamides is 1. The molecule has 1 unspecified atom stereocenters. The lowest BCUT2D eigenvalue weighted by molar-refractivity contribution is -0.120. The Morgan fingerprint density at radius 3 is 2.30 bits per heavy atom. The van der Waals surface area contributed by atoms with Crippen molar-refractivity contribution >= 4 is 100 Å². The van der Waals surface area contributed by atoms with Crippen molar-refractivity contribution in [2.75, 3.05) is 111 Å². The average Bonchev–Trinajstić information content (AvgIpc) is 0.881. The standard InChI is InChI=1S/C67H79ClF3N11O7S3/c1-66(2)26-21-56(46-9-13-50(68)14-10-46)49(40-66)42-79-33-36-81-53(43-79)15-11-47-37-48(12-20-59(47)81)64(84)75-92(88,89)55-17-19-58(61(39-55)91(86,87)67(69,70)71)72-51(44-90-54-7-5-4-6-8-54)24-29-77-27-22-45(23-28-77)41-78-31-34-80(35-32-78)52-16-18-57-60(38-52)76(3)74-63(57)82-30-25-62(83)73-65(82)85/h4-10,12-14,16-20,37-39,45,51,53,72H,11,15,21-36,40-44H2,1-3H3,(H,75,84)(H,73,83,85)/t51-,53?/m1/s1. The monoisotopic (exact) mass is 1340 g/mol. The van der Waals surface area contributed by atoms with Crippen molar-refractivity contribution in [3.63, 3.8) is 0 Å². The van der Waals surface area contributed by atoms with Gasteiger partial charge in [-0.3, -0.25) is 34.3 Å². The molecule has 490 valence electrons. The molecule has 12 rings (SSSR count). The maximum atomic E-state index is 14.6. The number of nitrogens with one attached hydrogen (secondary N) is 3. The SMILES string of the molecule is Cn1nc(N2CCC(=O)NC2=O)c2ccc(N3CCN(CC4CCN(CC[C@H](CSc5ccccc5)Nc5ccc(S(=O)(=O)NC(=O)c6ccc7c(c6)CCC6CN(CC8=C(c9ccc(Cl)cc9)CCC(C)(C)C8)CCN76)cc5S(=O)(=O)C(F)(F)F)CC4)CC3)cc21. The van der Waals surface area contributed by atoms with E-state index in [0.29, 0.717) is 48.0 Å². The number of urea groups is 1. The van der Waals surface area contributed by atoms with Gasteiger partial charge in [-0.2, -0.15) is 18.3 Å². The normalized spacial score (nSPS) is 20.2. The summed E-state index contributed by atoms with van der Waals surface area (Å²) in [4.78, 5) is 50.7. The largest absolute Gasteiger partial charge is 0.501 e. The second-order valence-corrected chi connectivity index (χ2v) is 31.3. The summed E-state index contributed by atoms with van der Waals surface area (Å²) in [5.74, 6) is 0.0511. The predicted octanol–water partition coefficient (Wildman–Crippen LogP) is 10.7. The summed E-state index contributed by atoms with van der Waals surface area (Å²) in [5, 5.41) is 11.7. The van der Waals surface area contributed by atoms with Crippen LogP contribution in [0, 0.1) is 11.3 Å². The quantitative estimate of drug-likeness (QED) is 0.0648. The average molecular weight is 1340 g/mol. The van der Waals surface area contributed by atoms with Gasteiger partial charge in [-0.15, -0.1) is 11.8 Å². The maximum absolute atomic E-state index is 14.6. The topological polar surface area (TPSA) is 193 Å². The molecule has 6 aromatic rings. The number of benzene rings is 5. The number of halogens is 4. The maximum Gasteiger partial charge on any atom is 0.501 e. The van der Waals surface area contributed by atoms with E-state index in [0.717, 1.165) is 155 Å². The second kappa shape index (κ2) is 27.0. The van der Waals surface area contributed by atoms with Crippen LogP contribution < -0.4 is 30.1 Å². The minimum absolute atomic E-state index is 0.0481. The molecule has 0 saturated carbocycles. The van der Waals surface area contributed by atoms with Crippen LogP contribution in [0.4, 0.5) is 40.8 Å². The Balaban J connectivity index is 0.665. The van der Waals surface area contributed by atoms with Gasteiger partial charge in [0.15, 0.2) is 5.82 Å². The third-order valence-electron chi connectivity index (χ3n) is 19.3. The Labute approximate surface area is 545 Å². The summed E-state index contributed by atoms with van der Waals surface area (Å²) in [6, 6.07) is 30.6. The number of amides is 4. The predicted molar refractivity (Wildman–Crippen MR) is 356 cm³/mol. The van der Waals surface area contributed by atoms with Crippen molar-refractivity contribution < 1.29 is 44.4 Å². The number of anilines is 4. The van der Waals surface area contributed by atoms with Crippen molar-refractivity contribution in [3.05, 3.63) is 136 Å². The third kappa shape index (κ3) is 14.7. The number of thioether (sulfide) groups is 1. The lowest BCUT2D eigenvalue weighted by Gasteiger charge is -2.47. The second-order valence-electron chi connectivity index (χ2n) is 26.2. The molecule has 5 aliphatic heterocycles. The molecule has 18 nitrogen and oxygen atoms in total. The molecule has 2 atom stereocenters. The molecule has 0 spiro atoms. The number of carbonyl (C=O) groups excluding carboxylic acids is 3. The minimum atomic E-state index is -6.12. The van der Waals surface area contributed by atoms with Crippen LogP contribution >= 0.6 is 23.4 Å². The number of carbonyl (C=O) groups is 3. The van der Waals surface area contributed by atoms with Crippen molar-refractivity contribution in [1.29, 1.82) is 0 Å². The number of imide groups is 1. The van der Waals surface area contributed by atoms with Crippen molar-refractivity contribution in [1.82, 2.24) is 34.5 Å². The van der Waals surface area contributed by atoms with Gasteiger partial charge in [0, 0.05) is 136 Å². The molecule has 6 aliphatic rings. The smallest absolute Gasteiger partial charge is 0.380 e. The number of aromatic nitrogens is 2. The lowest BCUT2D eigenvalue weighted by atomic mass is 9.72. The van der Waals surface area contributed by atoms with Crippen LogP contribution in [0.3, 0.4) is 0 Å². The lowest BCUT2D eigenvalue weighted by Crippen LogP contribution is -2.55. The summed E-state index contributed by atoms with van der Waals surface area (Å²) in [6.45, 7) is 14.9. The highest BCUT2D eigenvalue weighted by Crippen LogP contribution is 2.44. The first kappa shape index (κ1) is 65.4. The molecule has 1 aliphatic carbocycles. The Bertz CT molecular complexity index is 4010. The van der Waals surface area contributed by atoms with E-state index >= 15 is 0 Å². The van der Waals surface area contributed by atoms with Crippen molar-refractivity contribution in [2.45, 2.75) is 104 Å². The summed E-state index contributed by atoms with van der Waals surface area (Å²) in [7, 11) is -9.18. The molecular formula is C67H79ClF3N11O7S3. The minimum Gasteiger partial charge on any atom is -0.380 e. The molecule has 4 saturated heterocycles. The van der Waals surface area contributed by atoms with E-state index in [1.807, 2.05) is 66.4 Å². The van der Waals surface area contributed by atoms with Crippen LogP contribution in [0.5, 0.6) is 0 Å². The summed E-state index contributed by atoms with van der Waals surface area (Å²) in [6.07, 6.45) is 7.17. The van der Waals surface area contributed by atoms with E-state index in [9.17, 15) is 44.4 Å². The fraction of sp³-hybridized carbons (Fsp3) is 0.463. The number of allylic oxidation sites excluding steroid dienone is 1. The van der Waals surface area contributed by atoms with Crippen LogP contribution in [0.15, 0.2) is 129 Å². The Kier molecular flexibility index (Phi) is 19.2. The first-order chi connectivity index (χ1) is 43.9. The number of nitrogens with zero attached hydrogens (tertiary/aromatic N) is 8. The molecule has 5 aromatic carbocycles. The fourth-order valence-electron chi connectivity index (χ4n) is 14.2. The Hall–Kier alpha value is -6.67. The van der Waals surface area contributed by atoms with Crippen LogP contribution in [0.1, 0.15) is 86.7 Å². The summed E-state index contributed by atoms with van der Waals surface area (Å²) < 4.78 is 103. The molecule has 0 radical (unpaired) electrons. The zero-order chi connectivity index (χ0) is 64.7. The number of alkyl halides is 3. The fourth-order valence-corrected chi connectivity index (χ4v) is 17.3.